The van der Waals surface area contributed by atoms with Crippen molar-refractivity contribution in [3.63, 3.8) is 0 Å². The number of nitrogens with one attached hydrogen (secondary N) is 1. The van der Waals surface area contributed by atoms with Gasteiger partial charge in [-0.1, -0.05) is 185 Å². The Morgan fingerprint density at radius 3 is 1.68 bits per heavy atom. The minimum Gasteiger partial charge on any atom is -1.00 e. The van der Waals surface area contributed by atoms with Crippen LogP contribution in [0.2, 0.25) is 18.6 Å². The standard InChI is InChI=1S/C26H28N2O4.C20H20N2O4.C13H16Si.C12H12O2.ClH/c1-3-27-22-18-11-17-15-9-10-16(13(15)2)19(17)23(29)20(18)24(30)21-25(22)32-28-26(21)31-12-14-7-5-4-6-8-14;1-22(2)17-13-9-6-10-14(23)15(13)18(24)16-19(17)26-21-20(16)25-11-12-7-4-3-5-8-12;1-14(2,13-10-6-7-11-13)12-8-4-3-5-9-12;1-6-7-2-3-8(6)12-10(14)5-4-9(13)11(7)12;/h4-10,13,15-19,22,27,30H,3,11-12H2,1-2H3;3-8,10,13,17,24H,9,11H2,1-2H3;3-11,13H,1-2H3;2-8,11-12H,1H3;1H/p-1/t13?,15-,16+,17-,18+,19+,22+;13-,17-;;6?,7-,8+,11+,12-;/m01.../s1. The van der Waals surface area contributed by atoms with E-state index in [1.807, 2.05) is 92.7 Å². The second kappa shape index (κ2) is 25.2. The molecular weight excluding hydrogens is 1130 g/mol. The van der Waals surface area contributed by atoms with Crippen LogP contribution in [0.4, 0.5) is 0 Å². The summed E-state index contributed by atoms with van der Waals surface area (Å²) in [6.45, 7) is 12.6. The monoisotopic (exact) mass is 1210 g/mol. The Labute approximate surface area is 515 Å². The molecule has 3 fully saturated rings. The number of rotatable bonds is 11. The van der Waals surface area contributed by atoms with E-state index >= 15 is 0 Å². The number of hydrogen-bond acceptors (Lipinski definition) is 14. The molecule has 14 nitrogen and oxygen atoms in total. The van der Waals surface area contributed by atoms with Gasteiger partial charge in [0, 0.05) is 40.7 Å². The molecule has 0 radical (unpaired) electrons. The third kappa shape index (κ3) is 11.0. The van der Waals surface area contributed by atoms with Gasteiger partial charge in [0.2, 0.25) is 0 Å². The van der Waals surface area contributed by atoms with Crippen molar-refractivity contribution in [3.05, 3.63) is 209 Å². The number of carbonyl (C=O) groups is 4. The van der Waals surface area contributed by atoms with E-state index in [0.29, 0.717) is 94.5 Å². The molecule has 14 atom stereocenters. The van der Waals surface area contributed by atoms with Crippen LogP contribution in [-0.2, 0) is 32.4 Å². The molecule has 2 aromatic heterocycles. The number of halogens is 1. The molecule has 10 aliphatic rings. The smallest absolute Gasteiger partial charge is 0.265 e. The van der Waals surface area contributed by atoms with Gasteiger partial charge in [-0.15, -0.1) is 0 Å². The van der Waals surface area contributed by atoms with E-state index < -0.39 is 8.07 Å². The van der Waals surface area contributed by atoms with Gasteiger partial charge >= 0.3 is 0 Å². The van der Waals surface area contributed by atoms with E-state index in [-0.39, 0.29) is 106 Å². The fraction of sp³-hybridized carbons (Fsp3) is 0.380. The second-order valence-electron chi connectivity index (χ2n) is 25.3. The number of allylic oxidation sites excluding steroid dienone is 12. The van der Waals surface area contributed by atoms with Crippen molar-refractivity contribution in [2.75, 3.05) is 20.6 Å². The Kier molecular flexibility index (Phi) is 17.7. The van der Waals surface area contributed by atoms with Gasteiger partial charge in [-0.2, -0.15) is 0 Å². The van der Waals surface area contributed by atoms with Crippen molar-refractivity contribution >= 4 is 47.9 Å². The van der Waals surface area contributed by atoms with E-state index in [2.05, 4.69) is 122 Å². The number of aliphatic hydroxyl groups excluding tert-OH is 2. The van der Waals surface area contributed by atoms with Crippen LogP contribution in [-0.4, -0.2) is 77.3 Å². The van der Waals surface area contributed by atoms with Crippen molar-refractivity contribution in [2.45, 2.75) is 77.5 Å². The number of hydrogen-bond donors (Lipinski definition) is 3. The quantitative estimate of drug-likeness (QED) is 0.0837. The van der Waals surface area contributed by atoms with Crippen LogP contribution < -0.4 is 32.4 Å². The zero-order valence-electron chi connectivity index (χ0n) is 50.2. The number of benzene rings is 3. The third-order valence-electron chi connectivity index (χ3n) is 20.2. The highest BCUT2D eigenvalue weighted by Gasteiger charge is 2.60. The Morgan fingerprint density at radius 1 is 0.632 bits per heavy atom. The Hall–Kier alpha value is -7.69. The molecule has 3 aromatic carbocycles. The minimum absolute atomic E-state index is 0. The zero-order chi connectivity index (χ0) is 60.1. The first-order valence-electron chi connectivity index (χ1n) is 30.5. The maximum Gasteiger partial charge on any atom is 0.265 e. The van der Waals surface area contributed by atoms with Crippen molar-refractivity contribution in [1.29, 1.82) is 0 Å². The molecular formula is C71H76ClN4O10Si-. The number of nitrogens with zero attached hydrogens (tertiary/aromatic N) is 3. The van der Waals surface area contributed by atoms with Crippen LogP contribution in [0.1, 0.15) is 79.5 Å². The van der Waals surface area contributed by atoms with Gasteiger partial charge in [0.15, 0.2) is 34.7 Å². The first kappa shape index (κ1) is 61.0. The molecule has 2 heterocycles. The number of aliphatic hydroxyl groups is 2. The Balaban J connectivity index is 0.000000127. The molecule has 3 saturated carbocycles. The molecule has 0 spiro atoms. The molecule has 0 amide bonds. The van der Waals surface area contributed by atoms with Gasteiger partial charge in [0.1, 0.15) is 35.9 Å². The second-order valence-corrected chi connectivity index (χ2v) is 30.0. The Morgan fingerprint density at radius 2 is 1.13 bits per heavy atom. The summed E-state index contributed by atoms with van der Waals surface area (Å²) in [6.07, 6.45) is 25.6. The molecule has 0 aliphatic heterocycles. The number of ether oxygens (including phenoxy) is 2. The number of aromatic nitrogens is 2. The lowest BCUT2D eigenvalue weighted by Crippen LogP contribution is -3.00. The van der Waals surface area contributed by atoms with Crippen molar-refractivity contribution in [2.24, 2.45) is 71.0 Å². The molecule has 452 valence electrons. The van der Waals surface area contributed by atoms with Gasteiger partial charge in [-0.3, -0.25) is 24.1 Å². The topological polar surface area (TPSA) is 195 Å². The first-order valence-corrected chi connectivity index (χ1v) is 33.5. The van der Waals surface area contributed by atoms with Gasteiger partial charge in [-0.05, 0) is 120 Å². The molecule has 5 aromatic rings. The maximum atomic E-state index is 13.8. The highest BCUT2D eigenvalue weighted by Crippen LogP contribution is 2.62. The van der Waals surface area contributed by atoms with E-state index in [1.54, 1.807) is 5.19 Å². The van der Waals surface area contributed by atoms with Crippen LogP contribution in [0.5, 0.6) is 11.8 Å². The summed E-state index contributed by atoms with van der Waals surface area (Å²) in [4.78, 5) is 51.6. The molecule has 10 aliphatic carbocycles. The summed E-state index contributed by atoms with van der Waals surface area (Å²) in [5.41, 5.74) is 4.40. The summed E-state index contributed by atoms with van der Waals surface area (Å²) in [6, 6.07) is 30.0. The predicted octanol–water partition coefficient (Wildman–Crippen LogP) is 9.23. The highest BCUT2D eigenvalue weighted by atomic mass is 35.5. The molecule has 2 unspecified atom stereocenters. The Bertz CT molecular complexity index is 3620. The largest absolute Gasteiger partial charge is 1.00 e. The maximum absolute atomic E-state index is 13.8. The van der Waals surface area contributed by atoms with Gasteiger partial charge in [-0.25, -0.2) is 0 Å². The first-order chi connectivity index (χ1) is 41.6. The zero-order valence-corrected chi connectivity index (χ0v) is 51.9. The summed E-state index contributed by atoms with van der Waals surface area (Å²) in [7, 11) is 2.52. The molecule has 0 saturated heterocycles. The van der Waals surface area contributed by atoms with Crippen molar-refractivity contribution < 1.29 is 60.3 Å². The summed E-state index contributed by atoms with van der Waals surface area (Å²) in [5.74, 6) is 3.90. The van der Waals surface area contributed by atoms with E-state index in [9.17, 15) is 29.4 Å². The lowest BCUT2D eigenvalue weighted by molar-refractivity contribution is -0.129. The van der Waals surface area contributed by atoms with Crippen molar-refractivity contribution in [1.82, 2.24) is 20.5 Å². The number of fused-ring (bicyclic) bond motifs is 14. The van der Waals surface area contributed by atoms with Crippen LogP contribution >= 0.6 is 0 Å². The van der Waals surface area contributed by atoms with Crippen LogP contribution in [0, 0.1) is 71.0 Å². The summed E-state index contributed by atoms with van der Waals surface area (Å²) >= 11 is 0. The highest BCUT2D eigenvalue weighted by molar-refractivity contribution is 6.91. The normalized spacial score (nSPS) is 29.7. The van der Waals surface area contributed by atoms with Gasteiger partial charge < -0.3 is 46.5 Å². The molecule has 15 rings (SSSR count). The van der Waals surface area contributed by atoms with Gasteiger partial charge in [0.25, 0.3) is 11.8 Å². The molecule has 4 bridgehead atoms. The van der Waals surface area contributed by atoms with Gasteiger partial charge in [0.05, 0.1) is 20.2 Å². The number of ketones is 4. The van der Waals surface area contributed by atoms with E-state index in [1.165, 1.54) is 18.2 Å². The number of carbonyl (C=O) groups excluding carboxylic acids is 4. The SMILES string of the molecule is CC1[C@H]2C=C[C@@H]1[C@@H]1C(=O)C=CC(=O)[C@@H]12.CCN[C@H]1c2onc(OCc3ccccc3)c2C(O)=C2C(=O)[C@H]3[C@@H](C[C@H]21)[C@H]1C=C[C@@H]3C1C.CN(C)[C@H]1c2onc(OCc3ccccc3)c2C(O)=C2C(=O)C=CC[C@H]21.C[Si](C)(c1ccccc1)C1C=CC=C1.[Cl-]. The predicted molar refractivity (Wildman–Crippen MR) is 331 cm³/mol. The van der Waals surface area contributed by atoms with E-state index in [4.69, 9.17) is 18.5 Å². The molecule has 3 N–H and O–H groups in total. The van der Waals surface area contributed by atoms with E-state index in [0.717, 1.165) is 24.1 Å². The lowest BCUT2D eigenvalue weighted by Gasteiger charge is -2.42. The van der Waals surface area contributed by atoms with Crippen molar-refractivity contribution in [3.8, 4) is 11.8 Å². The van der Waals surface area contributed by atoms with Crippen LogP contribution in [0.3, 0.4) is 0 Å². The van der Waals surface area contributed by atoms with Crippen LogP contribution in [0.15, 0.2) is 184 Å². The summed E-state index contributed by atoms with van der Waals surface area (Å²) < 4.78 is 23.0. The fourth-order valence-electron chi connectivity index (χ4n) is 15.8. The molecule has 87 heavy (non-hydrogen) atoms. The minimum atomic E-state index is -1.32. The third-order valence-corrected chi connectivity index (χ3v) is 24.0. The average Bonchev–Trinajstić information content (AvgIpc) is 1.70. The fourth-order valence-corrected chi connectivity index (χ4v) is 18.4. The summed E-state index contributed by atoms with van der Waals surface area (Å²) in [5, 5.41) is 35.4. The molecule has 16 heteroatoms. The lowest BCUT2D eigenvalue weighted by atomic mass is 9.62. The average molecular weight is 1210 g/mol. The number of Topliss-reactive ketones (excluding diaryl/α,β-unsaturated/α-hetero) is 1. The van der Waals surface area contributed by atoms with Crippen LogP contribution in [0.25, 0.3) is 11.5 Å².